The number of nitrogens with one attached hydrogen (secondary N) is 1. The van der Waals surface area contributed by atoms with Gasteiger partial charge in [0.1, 0.15) is 0 Å². The number of nitrogens with zero attached hydrogens (tertiary/aromatic N) is 1. The Balaban J connectivity index is 2.69. The molecule has 0 atom stereocenters. The zero-order valence-electron chi connectivity index (χ0n) is 8.87. The lowest BCUT2D eigenvalue weighted by molar-refractivity contribution is 0.0911. The highest BCUT2D eigenvalue weighted by molar-refractivity contribution is 5.94. The van der Waals surface area contributed by atoms with E-state index in [-0.39, 0.29) is 11.4 Å². The summed E-state index contributed by atoms with van der Waals surface area (Å²) < 4.78 is 0. The number of hydrogen-bond acceptors (Lipinski definition) is 2. The lowest BCUT2D eigenvalue weighted by Crippen LogP contribution is -2.42. The molecule has 76 valence electrons. The molecule has 14 heavy (non-hydrogen) atoms. The molecule has 1 N–H and O–H groups in total. The van der Waals surface area contributed by atoms with Gasteiger partial charge in [-0.25, -0.2) is 0 Å². The van der Waals surface area contributed by atoms with Crippen LogP contribution in [-0.2, 0) is 0 Å². The Morgan fingerprint density at radius 3 is 2.50 bits per heavy atom. The molecule has 0 spiro atoms. The molecule has 0 saturated carbocycles. The monoisotopic (exact) mass is 192 g/mol. The van der Waals surface area contributed by atoms with Gasteiger partial charge in [-0.15, -0.1) is 0 Å². The van der Waals surface area contributed by atoms with Crippen LogP contribution in [0.1, 0.15) is 37.6 Å². The van der Waals surface area contributed by atoms with E-state index in [0.29, 0.717) is 5.56 Å². The fraction of sp³-hybridized carbons (Fsp3) is 0.455. The van der Waals surface area contributed by atoms with Crippen molar-refractivity contribution in [3.8, 4) is 0 Å². The molecule has 1 heterocycles. The second-order valence-corrected chi connectivity index (χ2v) is 3.93. The van der Waals surface area contributed by atoms with Gasteiger partial charge in [-0.3, -0.25) is 9.78 Å². The third-order valence-corrected chi connectivity index (χ3v) is 2.28. The van der Waals surface area contributed by atoms with Crippen LogP contribution in [0.25, 0.3) is 0 Å². The number of hydrogen-bond donors (Lipinski definition) is 1. The highest BCUT2D eigenvalue weighted by Crippen LogP contribution is 2.08. The van der Waals surface area contributed by atoms with Gasteiger partial charge in [0.15, 0.2) is 0 Å². The first-order valence-corrected chi connectivity index (χ1v) is 4.78. The molecule has 1 aromatic rings. The lowest BCUT2D eigenvalue weighted by atomic mass is 10.0. The van der Waals surface area contributed by atoms with Crippen molar-refractivity contribution in [3.63, 3.8) is 0 Å². The second kappa shape index (κ2) is 4.22. The summed E-state index contributed by atoms with van der Waals surface area (Å²) >= 11 is 0. The molecule has 3 heteroatoms. The summed E-state index contributed by atoms with van der Waals surface area (Å²) in [6.07, 6.45) is 4.14. The Labute approximate surface area is 84.6 Å². The van der Waals surface area contributed by atoms with E-state index < -0.39 is 0 Å². The van der Waals surface area contributed by atoms with Gasteiger partial charge >= 0.3 is 0 Å². The normalized spacial score (nSPS) is 11.1. The number of rotatable bonds is 3. The van der Waals surface area contributed by atoms with Crippen molar-refractivity contribution in [1.82, 2.24) is 10.3 Å². The second-order valence-electron chi connectivity index (χ2n) is 3.93. The fourth-order valence-corrected chi connectivity index (χ4v) is 0.971. The first-order valence-electron chi connectivity index (χ1n) is 4.78. The van der Waals surface area contributed by atoms with Gasteiger partial charge in [0.05, 0.1) is 0 Å². The smallest absolute Gasteiger partial charge is 0.251 e. The maximum absolute atomic E-state index is 11.7. The number of pyridine rings is 1. The SMILES string of the molecule is CCC(C)(C)NC(=O)c1ccncc1. The fourth-order valence-electron chi connectivity index (χ4n) is 0.971. The topological polar surface area (TPSA) is 42.0 Å². The van der Waals surface area contributed by atoms with E-state index in [2.05, 4.69) is 10.3 Å². The molecule has 0 unspecified atom stereocenters. The Morgan fingerprint density at radius 2 is 2.00 bits per heavy atom. The molecule has 1 aromatic heterocycles. The summed E-state index contributed by atoms with van der Waals surface area (Å²) in [4.78, 5) is 15.5. The van der Waals surface area contributed by atoms with Crippen molar-refractivity contribution in [3.05, 3.63) is 30.1 Å². The molecule has 0 saturated heterocycles. The highest BCUT2D eigenvalue weighted by atomic mass is 16.1. The summed E-state index contributed by atoms with van der Waals surface area (Å²) in [6.45, 7) is 6.06. The van der Waals surface area contributed by atoms with Gasteiger partial charge in [0.25, 0.3) is 5.91 Å². The van der Waals surface area contributed by atoms with Crippen molar-refractivity contribution in [2.24, 2.45) is 0 Å². The molecule has 3 nitrogen and oxygen atoms in total. The van der Waals surface area contributed by atoms with Crippen molar-refractivity contribution >= 4 is 5.91 Å². The van der Waals surface area contributed by atoms with Gasteiger partial charge < -0.3 is 5.32 Å². The van der Waals surface area contributed by atoms with Crippen molar-refractivity contribution < 1.29 is 4.79 Å². The third-order valence-electron chi connectivity index (χ3n) is 2.28. The molecule has 0 bridgehead atoms. The van der Waals surface area contributed by atoms with Gasteiger partial charge in [-0.05, 0) is 32.4 Å². The van der Waals surface area contributed by atoms with Crippen LogP contribution in [0, 0.1) is 0 Å². The molecular formula is C11H16N2O. The minimum absolute atomic E-state index is 0.0424. The summed E-state index contributed by atoms with van der Waals surface area (Å²) in [6, 6.07) is 3.42. The highest BCUT2D eigenvalue weighted by Gasteiger charge is 2.18. The van der Waals surface area contributed by atoms with Gasteiger partial charge in [0.2, 0.25) is 0 Å². The molecular weight excluding hydrogens is 176 g/mol. The number of aromatic nitrogens is 1. The Hall–Kier alpha value is -1.38. The Kier molecular flexibility index (Phi) is 3.23. The van der Waals surface area contributed by atoms with E-state index in [0.717, 1.165) is 6.42 Å². The van der Waals surface area contributed by atoms with E-state index in [1.54, 1.807) is 24.5 Å². The Bertz CT molecular complexity index is 306. The number of amides is 1. The third kappa shape index (κ3) is 2.83. The van der Waals surface area contributed by atoms with Gasteiger partial charge in [0, 0.05) is 23.5 Å². The molecule has 0 aliphatic rings. The van der Waals surface area contributed by atoms with Crippen LogP contribution < -0.4 is 5.32 Å². The van der Waals surface area contributed by atoms with Crippen LogP contribution in [-0.4, -0.2) is 16.4 Å². The van der Waals surface area contributed by atoms with Crippen molar-refractivity contribution in [2.75, 3.05) is 0 Å². The molecule has 1 amide bonds. The molecule has 0 radical (unpaired) electrons. The average Bonchev–Trinajstić information content (AvgIpc) is 2.19. The van der Waals surface area contributed by atoms with Crippen LogP contribution >= 0.6 is 0 Å². The summed E-state index contributed by atoms with van der Waals surface area (Å²) in [5.41, 5.74) is 0.502. The van der Waals surface area contributed by atoms with Gasteiger partial charge in [-0.1, -0.05) is 6.92 Å². The molecule has 0 fully saturated rings. The van der Waals surface area contributed by atoms with Crippen molar-refractivity contribution in [1.29, 1.82) is 0 Å². The maximum Gasteiger partial charge on any atom is 0.251 e. The molecule has 0 aliphatic heterocycles. The predicted molar refractivity (Wildman–Crippen MR) is 56.1 cm³/mol. The van der Waals surface area contributed by atoms with E-state index in [1.165, 1.54) is 0 Å². The average molecular weight is 192 g/mol. The molecule has 0 aromatic carbocycles. The van der Waals surface area contributed by atoms with Crippen LogP contribution in [0.3, 0.4) is 0 Å². The quantitative estimate of drug-likeness (QED) is 0.795. The Morgan fingerprint density at radius 1 is 1.43 bits per heavy atom. The number of carbonyl (C=O) groups excluding carboxylic acids is 1. The van der Waals surface area contributed by atoms with E-state index in [9.17, 15) is 4.79 Å². The van der Waals surface area contributed by atoms with Crippen molar-refractivity contribution in [2.45, 2.75) is 32.7 Å². The van der Waals surface area contributed by atoms with E-state index in [1.807, 2.05) is 20.8 Å². The summed E-state index contributed by atoms with van der Waals surface area (Å²) in [5, 5.41) is 2.96. The minimum atomic E-state index is -0.152. The zero-order chi connectivity index (χ0) is 10.6. The van der Waals surface area contributed by atoms with Gasteiger partial charge in [-0.2, -0.15) is 0 Å². The van der Waals surface area contributed by atoms with Crippen LogP contribution in [0.4, 0.5) is 0 Å². The first kappa shape index (κ1) is 10.7. The lowest BCUT2D eigenvalue weighted by Gasteiger charge is -2.24. The number of carbonyl (C=O) groups is 1. The first-order chi connectivity index (χ1) is 6.55. The zero-order valence-corrected chi connectivity index (χ0v) is 8.87. The van der Waals surface area contributed by atoms with E-state index in [4.69, 9.17) is 0 Å². The summed E-state index contributed by atoms with van der Waals surface area (Å²) in [7, 11) is 0. The minimum Gasteiger partial charge on any atom is -0.347 e. The van der Waals surface area contributed by atoms with Crippen LogP contribution in [0.2, 0.25) is 0 Å². The maximum atomic E-state index is 11.7. The van der Waals surface area contributed by atoms with Crippen LogP contribution in [0.15, 0.2) is 24.5 Å². The van der Waals surface area contributed by atoms with E-state index >= 15 is 0 Å². The predicted octanol–water partition coefficient (Wildman–Crippen LogP) is 2.00. The van der Waals surface area contributed by atoms with Crippen LogP contribution in [0.5, 0.6) is 0 Å². The largest absolute Gasteiger partial charge is 0.347 e. The summed E-state index contributed by atoms with van der Waals surface area (Å²) in [5.74, 6) is -0.0424. The molecule has 0 aliphatic carbocycles. The molecule has 1 rings (SSSR count). The standard InChI is InChI=1S/C11H16N2O/c1-4-11(2,3)13-10(14)9-5-7-12-8-6-9/h5-8H,4H2,1-3H3,(H,13,14).